The number of nitrogens with zero attached hydrogens (tertiary/aromatic N) is 1. The van der Waals surface area contributed by atoms with Crippen molar-refractivity contribution in [3.63, 3.8) is 0 Å². The van der Waals surface area contributed by atoms with E-state index in [9.17, 15) is 9.90 Å². The Bertz CT molecular complexity index is 422. The molecule has 5 nitrogen and oxygen atoms in total. The molecule has 2 N–H and O–H groups in total. The first kappa shape index (κ1) is 12.9. The molecule has 1 aliphatic heterocycles. The molecule has 1 atom stereocenters. The maximum atomic E-state index is 11.9. The summed E-state index contributed by atoms with van der Waals surface area (Å²) >= 11 is 0. The summed E-state index contributed by atoms with van der Waals surface area (Å²) in [5, 5.41) is 12.2. The smallest absolute Gasteiger partial charge is 0.238 e. The molecular formula is C13H18N2O3. The van der Waals surface area contributed by atoms with Gasteiger partial charge in [-0.2, -0.15) is 0 Å². The Balaban J connectivity index is 1.91. The number of anilines is 1. The number of rotatable bonds is 4. The zero-order chi connectivity index (χ0) is 13.0. The molecule has 0 aliphatic carbocycles. The highest BCUT2D eigenvalue weighted by Crippen LogP contribution is 2.22. The van der Waals surface area contributed by atoms with E-state index in [2.05, 4.69) is 5.32 Å². The van der Waals surface area contributed by atoms with Crippen LogP contribution in [0, 0.1) is 0 Å². The third-order valence-electron chi connectivity index (χ3n) is 3.00. The van der Waals surface area contributed by atoms with E-state index in [1.807, 2.05) is 17.0 Å². The molecule has 0 aromatic heterocycles. The van der Waals surface area contributed by atoms with Crippen LogP contribution in [0.25, 0.3) is 0 Å². The molecule has 1 saturated heterocycles. The predicted molar refractivity (Wildman–Crippen MR) is 68.7 cm³/mol. The van der Waals surface area contributed by atoms with Crippen LogP contribution in [-0.2, 0) is 4.79 Å². The Morgan fingerprint density at radius 3 is 3.00 bits per heavy atom. The summed E-state index contributed by atoms with van der Waals surface area (Å²) in [5.41, 5.74) is 0.671. The Labute approximate surface area is 106 Å². The van der Waals surface area contributed by atoms with Gasteiger partial charge in [-0.15, -0.1) is 0 Å². The molecule has 1 amide bonds. The normalized spacial score (nSPS) is 19.8. The number of likely N-dealkylation sites (tertiary alicyclic amines) is 1. The van der Waals surface area contributed by atoms with E-state index < -0.39 is 0 Å². The monoisotopic (exact) mass is 250 g/mol. The maximum absolute atomic E-state index is 11.9. The second-order valence-corrected chi connectivity index (χ2v) is 4.43. The van der Waals surface area contributed by atoms with Crippen molar-refractivity contribution in [2.45, 2.75) is 12.5 Å². The van der Waals surface area contributed by atoms with Crippen molar-refractivity contribution in [3.05, 3.63) is 24.3 Å². The molecule has 5 heteroatoms. The Kier molecular flexibility index (Phi) is 4.17. The predicted octanol–water partition coefficient (Wildman–Crippen LogP) is 0.700. The summed E-state index contributed by atoms with van der Waals surface area (Å²) in [6.07, 6.45) is 0.436. The summed E-state index contributed by atoms with van der Waals surface area (Å²) in [5.74, 6) is 0.556. The summed E-state index contributed by atoms with van der Waals surface area (Å²) < 4.78 is 5.16. The third kappa shape index (κ3) is 3.21. The number of methoxy groups -OCH3 is 1. The van der Waals surface area contributed by atoms with Gasteiger partial charge in [0.15, 0.2) is 0 Å². The number of amides is 1. The molecule has 0 bridgehead atoms. The van der Waals surface area contributed by atoms with Crippen LogP contribution in [0.5, 0.6) is 5.75 Å². The lowest BCUT2D eigenvalue weighted by atomic mass is 10.3. The van der Waals surface area contributed by atoms with E-state index in [0.29, 0.717) is 24.5 Å². The fourth-order valence-electron chi connectivity index (χ4n) is 2.10. The molecule has 0 saturated carbocycles. The number of carbonyl (C=O) groups excluding carboxylic acids is 1. The highest BCUT2D eigenvalue weighted by atomic mass is 16.5. The van der Waals surface area contributed by atoms with Crippen LogP contribution in [0.2, 0.25) is 0 Å². The SMILES string of the molecule is COc1ccccc1NC(=O)CN1CC[C@@H](O)C1. The van der Waals surface area contributed by atoms with E-state index in [1.54, 1.807) is 19.2 Å². The van der Waals surface area contributed by atoms with Gasteiger partial charge < -0.3 is 15.2 Å². The molecule has 1 aromatic carbocycles. The highest BCUT2D eigenvalue weighted by molar-refractivity contribution is 5.93. The van der Waals surface area contributed by atoms with Crippen LogP contribution in [0.4, 0.5) is 5.69 Å². The number of hydrogen-bond donors (Lipinski definition) is 2. The van der Waals surface area contributed by atoms with Crippen LogP contribution < -0.4 is 10.1 Å². The largest absolute Gasteiger partial charge is 0.495 e. The molecule has 0 radical (unpaired) electrons. The highest BCUT2D eigenvalue weighted by Gasteiger charge is 2.22. The van der Waals surface area contributed by atoms with Crippen molar-refractivity contribution >= 4 is 11.6 Å². The fourth-order valence-corrected chi connectivity index (χ4v) is 2.10. The molecule has 1 fully saturated rings. The zero-order valence-corrected chi connectivity index (χ0v) is 10.4. The minimum atomic E-state index is -0.302. The molecule has 2 rings (SSSR count). The average Bonchev–Trinajstić information content (AvgIpc) is 2.75. The van der Waals surface area contributed by atoms with Crippen molar-refractivity contribution in [3.8, 4) is 5.75 Å². The summed E-state index contributed by atoms with van der Waals surface area (Å²) in [7, 11) is 1.57. The van der Waals surface area contributed by atoms with Gasteiger partial charge in [0.25, 0.3) is 0 Å². The molecule has 98 valence electrons. The molecule has 0 spiro atoms. The maximum Gasteiger partial charge on any atom is 0.238 e. The number of aliphatic hydroxyl groups is 1. The standard InChI is InChI=1S/C13H18N2O3/c1-18-12-5-3-2-4-11(12)14-13(17)9-15-7-6-10(16)8-15/h2-5,10,16H,6-9H2,1H3,(H,14,17)/t10-/m1/s1. The van der Waals surface area contributed by atoms with Gasteiger partial charge in [0, 0.05) is 13.1 Å². The lowest BCUT2D eigenvalue weighted by Crippen LogP contribution is -2.32. The lowest BCUT2D eigenvalue weighted by molar-refractivity contribution is -0.117. The molecule has 1 aliphatic rings. The Morgan fingerprint density at radius 1 is 1.56 bits per heavy atom. The minimum absolute atomic E-state index is 0.0893. The molecule has 1 heterocycles. The number of β-amino-alcohol motifs (C(OH)–C–C–N with tert-alkyl or cyclic N) is 1. The van der Waals surface area contributed by atoms with Crippen molar-refractivity contribution in [2.24, 2.45) is 0 Å². The molecule has 1 aromatic rings. The van der Waals surface area contributed by atoms with Crippen LogP contribution in [0.1, 0.15) is 6.42 Å². The quantitative estimate of drug-likeness (QED) is 0.826. The minimum Gasteiger partial charge on any atom is -0.495 e. The van der Waals surface area contributed by atoms with Gasteiger partial charge in [-0.25, -0.2) is 0 Å². The van der Waals surface area contributed by atoms with E-state index in [1.165, 1.54) is 0 Å². The number of benzene rings is 1. The first-order valence-electron chi connectivity index (χ1n) is 6.02. The topological polar surface area (TPSA) is 61.8 Å². The number of hydrogen-bond acceptors (Lipinski definition) is 4. The number of carbonyl (C=O) groups is 1. The second-order valence-electron chi connectivity index (χ2n) is 4.43. The first-order chi connectivity index (χ1) is 8.69. The number of ether oxygens (including phenoxy) is 1. The Hall–Kier alpha value is -1.59. The van der Waals surface area contributed by atoms with Gasteiger partial charge in [-0.1, -0.05) is 12.1 Å². The van der Waals surface area contributed by atoms with Gasteiger partial charge in [0.2, 0.25) is 5.91 Å². The summed E-state index contributed by atoms with van der Waals surface area (Å²) in [6, 6.07) is 7.30. The van der Waals surface area contributed by atoms with Crippen molar-refractivity contribution in [1.29, 1.82) is 0 Å². The van der Waals surface area contributed by atoms with Crippen LogP contribution in [0.15, 0.2) is 24.3 Å². The van der Waals surface area contributed by atoms with E-state index in [4.69, 9.17) is 4.74 Å². The van der Waals surface area contributed by atoms with Gasteiger partial charge in [-0.05, 0) is 18.6 Å². The van der Waals surface area contributed by atoms with Crippen molar-refractivity contribution in [2.75, 3.05) is 32.1 Å². The first-order valence-corrected chi connectivity index (χ1v) is 6.02. The molecule has 0 unspecified atom stereocenters. The van der Waals surface area contributed by atoms with Gasteiger partial charge in [0.1, 0.15) is 5.75 Å². The van der Waals surface area contributed by atoms with Crippen LogP contribution >= 0.6 is 0 Å². The van der Waals surface area contributed by atoms with Gasteiger partial charge in [0.05, 0.1) is 25.4 Å². The second kappa shape index (κ2) is 5.84. The average molecular weight is 250 g/mol. The van der Waals surface area contributed by atoms with E-state index in [0.717, 1.165) is 13.0 Å². The van der Waals surface area contributed by atoms with Crippen molar-refractivity contribution in [1.82, 2.24) is 4.90 Å². The zero-order valence-electron chi connectivity index (χ0n) is 10.4. The fraction of sp³-hybridized carbons (Fsp3) is 0.462. The Morgan fingerprint density at radius 2 is 2.33 bits per heavy atom. The number of aliphatic hydroxyl groups excluding tert-OH is 1. The van der Waals surface area contributed by atoms with Gasteiger partial charge in [-0.3, -0.25) is 9.69 Å². The third-order valence-corrected chi connectivity index (χ3v) is 3.00. The lowest BCUT2D eigenvalue weighted by Gasteiger charge is -2.15. The van der Waals surface area contributed by atoms with E-state index in [-0.39, 0.29) is 12.0 Å². The molecular weight excluding hydrogens is 232 g/mol. The van der Waals surface area contributed by atoms with Crippen LogP contribution in [0.3, 0.4) is 0 Å². The summed E-state index contributed by atoms with van der Waals surface area (Å²) in [6.45, 7) is 1.63. The number of para-hydroxylation sites is 2. The molecule has 18 heavy (non-hydrogen) atoms. The number of nitrogens with one attached hydrogen (secondary N) is 1. The summed E-state index contributed by atoms with van der Waals surface area (Å²) in [4.78, 5) is 13.8. The van der Waals surface area contributed by atoms with Crippen LogP contribution in [-0.4, -0.2) is 48.8 Å². The van der Waals surface area contributed by atoms with Crippen molar-refractivity contribution < 1.29 is 14.6 Å². The van der Waals surface area contributed by atoms with Gasteiger partial charge >= 0.3 is 0 Å². The van der Waals surface area contributed by atoms with E-state index >= 15 is 0 Å².